The van der Waals surface area contributed by atoms with Gasteiger partial charge in [-0.05, 0) is 42.0 Å². The van der Waals surface area contributed by atoms with E-state index in [0.29, 0.717) is 5.92 Å². The lowest BCUT2D eigenvalue weighted by Gasteiger charge is -2.13. The second-order valence-electron chi connectivity index (χ2n) is 5.10. The van der Waals surface area contributed by atoms with Crippen LogP contribution in [0.15, 0.2) is 18.7 Å². The molecule has 1 aliphatic carbocycles. The van der Waals surface area contributed by atoms with Crippen LogP contribution in [0.5, 0.6) is 0 Å². The van der Waals surface area contributed by atoms with Crippen LogP contribution >= 0.6 is 0 Å². The van der Waals surface area contributed by atoms with Gasteiger partial charge in [0.1, 0.15) is 13.1 Å². The minimum Gasteiger partial charge on any atom is -0.206 e. The molecule has 0 nitrogen and oxygen atoms in total. The summed E-state index contributed by atoms with van der Waals surface area (Å²) in [6, 6.07) is 3.58. The molecule has 0 aromatic heterocycles. The number of halogens is 1. The van der Waals surface area contributed by atoms with E-state index in [2.05, 4.69) is 13.4 Å². The maximum atomic E-state index is 13.9. The molecule has 2 heteroatoms. The summed E-state index contributed by atoms with van der Waals surface area (Å²) >= 11 is 0. The van der Waals surface area contributed by atoms with Crippen LogP contribution in [0.25, 0.3) is 5.57 Å². The predicted octanol–water partition coefficient (Wildman–Crippen LogP) is 4.32. The third-order valence-corrected chi connectivity index (χ3v) is 4.08. The van der Waals surface area contributed by atoms with Gasteiger partial charge in [0.15, 0.2) is 0 Å². The maximum Gasteiger partial charge on any atom is 0.130 e. The highest BCUT2D eigenvalue weighted by Crippen LogP contribution is 2.53. The van der Waals surface area contributed by atoms with Gasteiger partial charge < -0.3 is 0 Å². The number of benzene rings is 1. The van der Waals surface area contributed by atoms with Crippen LogP contribution in [0.2, 0.25) is 12.6 Å². The molecule has 0 spiro atoms. The number of hydrogen-bond acceptors (Lipinski definition) is 0. The quantitative estimate of drug-likeness (QED) is 0.676. The smallest absolute Gasteiger partial charge is 0.130 e. The summed E-state index contributed by atoms with van der Waals surface area (Å²) in [6.07, 6.45) is 2.07. The van der Waals surface area contributed by atoms with Gasteiger partial charge >= 0.3 is 0 Å². The van der Waals surface area contributed by atoms with E-state index in [1.165, 1.54) is 19.3 Å². The highest BCUT2D eigenvalue weighted by atomic mass is 19.1. The van der Waals surface area contributed by atoms with E-state index in [1.807, 2.05) is 19.9 Å². The molecule has 0 radical (unpaired) electrons. The first-order valence-electron chi connectivity index (χ1n) is 6.57. The van der Waals surface area contributed by atoms with Crippen LogP contribution < -0.4 is 0 Å². The lowest BCUT2D eigenvalue weighted by atomic mass is 9.73. The fourth-order valence-corrected chi connectivity index (χ4v) is 2.79. The molecular weight excluding hydrogens is 210 g/mol. The van der Waals surface area contributed by atoms with Gasteiger partial charge in [0.05, 0.1) is 0 Å². The summed E-state index contributed by atoms with van der Waals surface area (Å²) < 4.78 is 13.9. The highest BCUT2D eigenvalue weighted by Gasteiger charge is 2.38. The largest absolute Gasteiger partial charge is 0.206 e. The van der Waals surface area contributed by atoms with Gasteiger partial charge in [0, 0.05) is 5.56 Å². The average Bonchev–Trinajstić information content (AvgIpc) is 3.08. The van der Waals surface area contributed by atoms with Crippen molar-refractivity contribution in [1.82, 2.24) is 0 Å². The Morgan fingerprint density at radius 1 is 1.53 bits per heavy atom. The van der Waals surface area contributed by atoms with E-state index in [9.17, 15) is 4.39 Å². The zero-order valence-electron chi connectivity index (χ0n) is 11.0. The van der Waals surface area contributed by atoms with Crippen molar-refractivity contribution in [3.8, 4) is 0 Å². The third-order valence-electron chi connectivity index (χ3n) is 4.08. The molecule has 2 rings (SSSR count). The van der Waals surface area contributed by atoms with E-state index in [-0.39, 0.29) is 5.82 Å². The fourth-order valence-electron chi connectivity index (χ4n) is 2.79. The van der Waals surface area contributed by atoms with Crippen LogP contribution in [-0.4, -0.2) is 7.28 Å². The molecule has 1 aromatic rings. The van der Waals surface area contributed by atoms with Gasteiger partial charge in [-0.15, -0.1) is 0 Å². The SMILES string of the molecule is C=C(CC)c1c(F)ccc(C2CC2BC)c1C. The maximum absolute atomic E-state index is 13.9. The summed E-state index contributed by atoms with van der Waals surface area (Å²) in [6.45, 7) is 10.3. The molecule has 1 fully saturated rings. The van der Waals surface area contributed by atoms with Crippen LogP contribution in [0.1, 0.15) is 42.4 Å². The Balaban J connectivity index is 2.40. The molecule has 2 unspecified atom stereocenters. The van der Waals surface area contributed by atoms with E-state index in [0.717, 1.165) is 28.9 Å². The summed E-state index contributed by atoms with van der Waals surface area (Å²) in [5, 5.41) is 0. The number of hydrogen-bond donors (Lipinski definition) is 0. The first kappa shape index (κ1) is 12.4. The van der Waals surface area contributed by atoms with Crippen LogP contribution in [-0.2, 0) is 0 Å². The van der Waals surface area contributed by atoms with Crippen LogP contribution in [0.4, 0.5) is 4.39 Å². The Morgan fingerprint density at radius 3 is 2.76 bits per heavy atom. The predicted molar refractivity (Wildman–Crippen MR) is 74.6 cm³/mol. The van der Waals surface area contributed by atoms with Crippen LogP contribution in [0, 0.1) is 12.7 Å². The third kappa shape index (κ3) is 2.18. The monoisotopic (exact) mass is 230 g/mol. The van der Waals surface area contributed by atoms with Crippen molar-refractivity contribution in [2.45, 2.75) is 45.2 Å². The van der Waals surface area contributed by atoms with Gasteiger partial charge in [-0.2, -0.15) is 0 Å². The molecule has 2 atom stereocenters. The topological polar surface area (TPSA) is 0 Å². The zero-order chi connectivity index (χ0) is 12.6. The molecule has 90 valence electrons. The lowest BCUT2D eigenvalue weighted by molar-refractivity contribution is 0.621. The second kappa shape index (κ2) is 4.68. The van der Waals surface area contributed by atoms with E-state index < -0.39 is 0 Å². The van der Waals surface area contributed by atoms with Crippen molar-refractivity contribution < 1.29 is 4.39 Å². The van der Waals surface area contributed by atoms with Crippen molar-refractivity contribution in [3.05, 3.63) is 41.2 Å². The Labute approximate surface area is 104 Å². The molecule has 1 aromatic carbocycles. The summed E-state index contributed by atoms with van der Waals surface area (Å²) in [7, 11) is 1.23. The fraction of sp³-hybridized carbons (Fsp3) is 0.467. The standard InChI is InChI=1S/C15H20BF/c1-5-9(2)15-10(3)11(6-7-14(15)17)12-8-13(12)16-4/h6-7,12-13,16H,2,5,8H2,1,3-4H3. The van der Waals surface area contributed by atoms with Gasteiger partial charge in [-0.25, -0.2) is 4.39 Å². The van der Waals surface area contributed by atoms with E-state index >= 15 is 0 Å². The number of allylic oxidation sites excluding steroid dienone is 1. The molecule has 17 heavy (non-hydrogen) atoms. The Hall–Kier alpha value is -1.05. The molecule has 1 aliphatic rings. The van der Waals surface area contributed by atoms with Gasteiger partial charge in [0.25, 0.3) is 0 Å². The van der Waals surface area contributed by atoms with E-state index in [1.54, 1.807) is 6.07 Å². The molecule has 0 bridgehead atoms. The highest BCUT2D eigenvalue weighted by molar-refractivity contribution is 6.37. The van der Waals surface area contributed by atoms with Crippen molar-refractivity contribution in [2.75, 3.05) is 0 Å². The van der Waals surface area contributed by atoms with Crippen LogP contribution in [0.3, 0.4) is 0 Å². The number of rotatable bonds is 4. The summed E-state index contributed by atoms with van der Waals surface area (Å²) in [5.74, 6) is 1.35. The van der Waals surface area contributed by atoms with E-state index in [4.69, 9.17) is 0 Å². The minimum atomic E-state index is -0.119. The molecule has 0 aliphatic heterocycles. The Morgan fingerprint density at radius 2 is 2.24 bits per heavy atom. The second-order valence-corrected chi connectivity index (χ2v) is 5.10. The normalized spacial score (nSPS) is 22.4. The Kier molecular flexibility index (Phi) is 3.41. The summed E-state index contributed by atoms with van der Waals surface area (Å²) in [4.78, 5) is 0. The molecular formula is C15H20BF. The average molecular weight is 230 g/mol. The first-order valence-corrected chi connectivity index (χ1v) is 6.57. The molecule has 0 heterocycles. The van der Waals surface area contributed by atoms with Crippen molar-refractivity contribution in [2.24, 2.45) is 0 Å². The Bertz CT molecular complexity index is 450. The van der Waals surface area contributed by atoms with Crippen molar-refractivity contribution >= 4 is 12.9 Å². The van der Waals surface area contributed by atoms with Gasteiger partial charge in [0.2, 0.25) is 0 Å². The van der Waals surface area contributed by atoms with Crippen molar-refractivity contribution in [3.63, 3.8) is 0 Å². The molecule has 0 amide bonds. The van der Waals surface area contributed by atoms with Gasteiger partial charge in [-0.3, -0.25) is 0 Å². The first-order chi connectivity index (χ1) is 8.10. The molecule has 1 saturated carbocycles. The molecule has 0 saturated heterocycles. The van der Waals surface area contributed by atoms with Gasteiger partial charge in [-0.1, -0.05) is 38.6 Å². The minimum absolute atomic E-state index is 0.119. The summed E-state index contributed by atoms with van der Waals surface area (Å²) in [5.41, 5.74) is 4.11. The van der Waals surface area contributed by atoms with Crippen molar-refractivity contribution in [1.29, 1.82) is 0 Å². The zero-order valence-corrected chi connectivity index (χ0v) is 11.0. The lowest BCUT2D eigenvalue weighted by Crippen LogP contribution is -1.98. The molecule has 0 N–H and O–H groups in total.